The van der Waals surface area contributed by atoms with Gasteiger partial charge in [0.05, 0.1) is 5.60 Å². The Morgan fingerprint density at radius 2 is 2.33 bits per heavy atom. The van der Waals surface area contributed by atoms with Crippen LogP contribution in [-0.2, 0) is 0 Å². The molecule has 1 atom stereocenters. The monoisotopic (exact) mass is 146 g/mol. The van der Waals surface area contributed by atoms with Crippen LogP contribution in [0.4, 0.5) is 0 Å². The standard InChI is InChI=1S/C7H14OS/c1-4-5-7(2,8)6-9-3/h4,8H,1,5-6H2,2-3H3. The van der Waals surface area contributed by atoms with Crippen LogP contribution in [0.25, 0.3) is 0 Å². The largest absolute Gasteiger partial charge is 0.389 e. The van der Waals surface area contributed by atoms with E-state index >= 15 is 0 Å². The van der Waals surface area contributed by atoms with Gasteiger partial charge in [-0.3, -0.25) is 0 Å². The molecule has 0 amide bonds. The summed E-state index contributed by atoms with van der Waals surface area (Å²) < 4.78 is 0. The topological polar surface area (TPSA) is 20.2 Å². The first-order valence-corrected chi connectivity index (χ1v) is 4.34. The molecular formula is C7H14OS. The molecule has 0 aliphatic carbocycles. The van der Waals surface area contributed by atoms with Crippen LogP contribution >= 0.6 is 11.8 Å². The zero-order chi connectivity index (χ0) is 7.33. The fourth-order valence-electron chi connectivity index (χ4n) is 0.681. The highest BCUT2D eigenvalue weighted by Crippen LogP contribution is 2.14. The van der Waals surface area contributed by atoms with Gasteiger partial charge in [-0.15, -0.1) is 6.58 Å². The van der Waals surface area contributed by atoms with Crippen molar-refractivity contribution in [3.05, 3.63) is 12.7 Å². The third-order valence-corrected chi connectivity index (χ3v) is 1.95. The van der Waals surface area contributed by atoms with Gasteiger partial charge >= 0.3 is 0 Å². The molecule has 0 aromatic heterocycles. The molecule has 1 unspecified atom stereocenters. The van der Waals surface area contributed by atoms with Gasteiger partial charge in [-0.1, -0.05) is 6.08 Å². The average molecular weight is 146 g/mol. The summed E-state index contributed by atoms with van der Waals surface area (Å²) in [7, 11) is 0. The summed E-state index contributed by atoms with van der Waals surface area (Å²) in [6.07, 6.45) is 4.40. The Labute approximate surface area is 61.2 Å². The molecule has 2 heteroatoms. The molecule has 0 saturated heterocycles. The van der Waals surface area contributed by atoms with E-state index < -0.39 is 5.60 Å². The van der Waals surface area contributed by atoms with E-state index in [1.54, 1.807) is 17.8 Å². The number of rotatable bonds is 4. The number of hydrogen-bond donors (Lipinski definition) is 1. The van der Waals surface area contributed by atoms with Crippen molar-refractivity contribution in [3.63, 3.8) is 0 Å². The van der Waals surface area contributed by atoms with Crippen LogP contribution in [0.5, 0.6) is 0 Å². The van der Waals surface area contributed by atoms with E-state index in [2.05, 4.69) is 6.58 Å². The van der Waals surface area contributed by atoms with Crippen LogP contribution in [0.15, 0.2) is 12.7 Å². The highest BCUT2D eigenvalue weighted by molar-refractivity contribution is 7.98. The average Bonchev–Trinajstić information content (AvgIpc) is 1.64. The quantitative estimate of drug-likeness (QED) is 0.609. The molecular weight excluding hydrogens is 132 g/mol. The van der Waals surface area contributed by atoms with Gasteiger partial charge in [-0.2, -0.15) is 11.8 Å². The second-order valence-corrected chi connectivity index (χ2v) is 3.29. The van der Waals surface area contributed by atoms with Crippen molar-refractivity contribution in [2.45, 2.75) is 18.9 Å². The highest BCUT2D eigenvalue weighted by Gasteiger charge is 2.16. The molecule has 1 N–H and O–H groups in total. The molecule has 0 saturated carbocycles. The zero-order valence-electron chi connectivity index (χ0n) is 6.05. The molecule has 0 spiro atoms. The van der Waals surface area contributed by atoms with Gasteiger partial charge in [-0.25, -0.2) is 0 Å². The fourth-order valence-corrected chi connectivity index (χ4v) is 1.42. The summed E-state index contributed by atoms with van der Waals surface area (Å²) in [5.74, 6) is 0.777. The lowest BCUT2D eigenvalue weighted by molar-refractivity contribution is 0.0892. The van der Waals surface area contributed by atoms with Crippen molar-refractivity contribution in [3.8, 4) is 0 Å². The normalized spacial score (nSPS) is 16.8. The zero-order valence-corrected chi connectivity index (χ0v) is 6.87. The first kappa shape index (κ1) is 9.05. The second-order valence-electron chi connectivity index (χ2n) is 2.42. The van der Waals surface area contributed by atoms with Crippen LogP contribution in [0.2, 0.25) is 0 Å². The summed E-state index contributed by atoms with van der Waals surface area (Å²) in [6.45, 7) is 5.38. The van der Waals surface area contributed by atoms with Crippen molar-refractivity contribution < 1.29 is 5.11 Å². The third kappa shape index (κ3) is 4.55. The Kier molecular flexibility index (Phi) is 3.98. The molecule has 0 aromatic carbocycles. The Morgan fingerprint density at radius 3 is 2.67 bits per heavy atom. The molecule has 0 radical (unpaired) electrons. The Hall–Kier alpha value is 0.0500. The van der Waals surface area contributed by atoms with Gasteiger partial charge in [0.15, 0.2) is 0 Å². The van der Waals surface area contributed by atoms with Gasteiger partial charge in [-0.05, 0) is 19.6 Å². The van der Waals surface area contributed by atoms with E-state index in [9.17, 15) is 5.11 Å². The predicted molar refractivity (Wildman–Crippen MR) is 43.8 cm³/mol. The van der Waals surface area contributed by atoms with Crippen molar-refractivity contribution in [2.24, 2.45) is 0 Å². The van der Waals surface area contributed by atoms with Crippen LogP contribution in [-0.4, -0.2) is 22.7 Å². The predicted octanol–water partition coefficient (Wildman–Crippen LogP) is 1.68. The first-order chi connectivity index (χ1) is 4.12. The Morgan fingerprint density at radius 1 is 1.78 bits per heavy atom. The van der Waals surface area contributed by atoms with Crippen molar-refractivity contribution in [1.82, 2.24) is 0 Å². The molecule has 0 aliphatic rings. The van der Waals surface area contributed by atoms with Gasteiger partial charge < -0.3 is 5.11 Å². The third-order valence-electron chi connectivity index (χ3n) is 1.04. The SMILES string of the molecule is C=CCC(C)(O)CSC. The Bertz CT molecular complexity index is 88.9. The molecule has 0 heterocycles. The van der Waals surface area contributed by atoms with Gasteiger partial charge in [0.1, 0.15) is 0 Å². The van der Waals surface area contributed by atoms with Crippen LogP contribution in [0.3, 0.4) is 0 Å². The highest BCUT2D eigenvalue weighted by atomic mass is 32.2. The molecule has 0 rings (SSSR count). The van der Waals surface area contributed by atoms with E-state index in [1.165, 1.54) is 0 Å². The van der Waals surface area contributed by atoms with Gasteiger partial charge in [0, 0.05) is 5.75 Å². The minimum Gasteiger partial charge on any atom is -0.389 e. The second kappa shape index (κ2) is 3.96. The van der Waals surface area contributed by atoms with E-state index in [-0.39, 0.29) is 0 Å². The molecule has 0 bridgehead atoms. The molecule has 0 aromatic rings. The van der Waals surface area contributed by atoms with Gasteiger partial charge in [0.2, 0.25) is 0 Å². The Balaban J connectivity index is 3.55. The minimum absolute atomic E-state index is 0.554. The lowest BCUT2D eigenvalue weighted by Gasteiger charge is -2.19. The summed E-state index contributed by atoms with van der Waals surface area (Å²) in [5.41, 5.74) is -0.554. The lowest BCUT2D eigenvalue weighted by atomic mass is 10.1. The first-order valence-electron chi connectivity index (χ1n) is 2.94. The van der Waals surface area contributed by atoms with Gasteiger partial charge in [0.25, 0.3) is 0 Å². The molecule has 9 heavy (non-hydrogen) atoms. The van der Waals surface area contributed by atoms with E-state index in [0.29, 0.717) is 6.42 Å². The summed E-state index contributed by atoms with van der Waals surface area (Å²) >= 11 is 1.65. The number of thioether (sulfide) groups is 1. The van der Waals surface area contributed by atoms with Crippen LogP contribution in [0.1, 0.15) is 13.3 Å². The van der Waals surface area contributed by atoms with Crippen molar-refractivity contribution in [1.29, 1.82) is 0 Å². The number of hydrogen-bond acceptors (Lipinski definition) is 2. The molecule has 54 valence electrons. The molecule has 0 fully saturated rings. The molecule has 0 aliphatic heterocycles. The lowest BCUT2D eigenvalue weighted by Crippen LogP contribution is -2.25. The fraction of sp³-hybridized carbons (Fsp3) is 0.714. The van der Waals surface area contributed by atoms with E-state index in [1.807, 2.05) is 13.2 Å². The molecule has 1 nitrogen and oxygen atoms in total. The summed E-state index contributed by atoms with van der Waals surface area (Å²) in [5, 5.41) is 9.42. The smallest absolute Gasteiger partial charge is 0.0743 e. The maximum atomic E-state index is 9.42. The maximum absolute atomic E-state index is 9.42. The maximum Gasteiger partial charge on any atom is 0.0743 e. The van der Waals surface area contributed by atoms with E-state index in [4.69, 9.17) is 0 Å². The summed E-state index contributed by atoms with van der Waals surface area (Å²) in [6, 6.07) is 0. The number of aliphatic hydroxyl groups is 1. The van der Waals surface area contributed by atoms with Crippen LogP contribution in [0, 0.1) is 0 Å². The summed E-state index contributed by atoms with van der Waals surface area (Å²) in [4.78, 5) is 0. The van der Waals surface area contributed by atoms with Crippen molar-refractivity contribution >= 4 is 11.8 Å². The minimum atomic E-state index is -0.554. The van der Waals surface area contributed by atoms with E-state index in [0.717, 1.165) is 5.75 Å². The van der Waals surface area contributed by atoms with Crippen molar-refractivity contribution in [2.75, 3.05) is 12.0 Å². The van der Waals surface area contributed by atoms with Crippen LogP contribution < -0.4 is 0 Å².